The van der Waals surface area contributed by atoms with Crippen LogP contribution < -0.4 is 4.74 Å². The second kappa shape index (κ2) is 5.81. The van der Waals surface area contributed by atoms with E-state index >= 15 is 0 Å². The maximum Gasteiger partial charge on any atom is 0.270 e. The molecule has 2 aliphatic rings. The van der Waals surface area contributed by atoms with E-state index in [1.54, 1.807) is 6.07 Å². The molecule has 0 N–H and O–H groups in total. The van der Waals surface area contributed by atoms with Crippen molar-refractivity contribution in [3.63, 3.8) is 0 Å². The SMILES string of the molecule is Cn1cccc1C(=O)N1CC2(CC(Oc3ncccc3F)CS2)C1. The van der Waals surface area contributed by atoms with E-state index < -0.39 is 5.82 Å². The predicted molar refractivity (Wildman–Crippen MR) is 89.7 cm³/mol. The highest BCUT2D eigenvalue weighted by Gasteiger charge is 2.51. The van der Waals surface area contributed by atoms with Crippen LogP contribution in [0.4, 0.5) is 4.39 Å². The van der Waals surface area contributed by atoms with E-state index in [0.717, 1.165) is 12.2 Å². The molecule has 24 heavy (non-hydrogen) atoms. The molecule has 0 radical (unpaired) electrons. The molecule has 1 amide bonds. The molecular formula is C17H18FN3O2S. The van der Waals surface area contributed by atoms with Gasteiger partial charge in [0.2, 0.25) is 0 Å². The van der Waals surface area contributed by atoms with E-state index in [9.17, 15) is 9.18 Å². The minimum absolute atomic E-state index is 0.0384. The highest BCUT2D eigenvalue weighted by atomic mass is 32.2. The van der Waals surface area contributed by atoms with Crippen molar-refractivity contribution in [1.29, 1.82) is 0 Å². The molecule has 1 atom stereocenters. The number of hydrogen-bond donors (Lipinski definition) is 0. The number of rotatable bonds is 3. The summed E-state index contributed by atoms with van der Waals surface area (Å²) >= 11 is 1.81. The number of pyridine rings is 1. The van der Waals surface area contributed by atoms with Crippen LogP contribution in [0.3, 0.4) is 0 Å². The summed E-state index contributed by atoms with van der Waals surface area (Å²) in [6.07, 6.45) is 4.15. The monoisotopic (exact) mass is 347 g/mol. The Morgan fingerprint density at radius 2 is 2.25 bits per heavy atom. The number of hydrogen-bond acceptors (Lipinski definition) is 4. The van der Waals surface area contributed by atoms with Crippen LogP contribution in [0.1, 0.15) is 16.9 Å². The van der Waals surface area contributed by atoms with Gasteiger partial charge in [-0.15, -0.1) is 11.8 Å². The van der Waals surface area contributed by atoms with Gasteiger partial charge in [-0.05, 0) is 24.3 Å². The second-order valence-corrected chi connectivity index (χ2v) is 7.88. The summed E-state index contributed by atoms with van der Waals surface area (Å²) in [5.74, 6) is 0.491. The zero-order valence-electron chi connectivity index (χ0n) is 13.3. The first kappa shape index (κ1) is 15.5. The first-order valence-electron chi connectivity index (χ1n) is 7.88. The number of aromatic nitrogens is 2. The Morgan fingerprint density at radius 3 is 2.96 bits per heavy atom. The van der Waals surface area contributed by atoms with Crippen molar-refractivity contribution in [1.82, 2.24) is 14.5 Å². The van der Waals surface area contributed by atoms with Gasteiger partial charge in [-0.1, -0.05) is 0 Å². The fourth-order valence-corrected chi connectivity index (χ4v) is 4.88. The molecule has 5 nitrogen and oxygen atoms in total. The standard InChI is InChI=1S/C17H18FN3O2S/c1-20-7-3-5-14(20)16(22)21-10-17(11-21)8-12(9-24-17)23-15-13(18)4-2-6-19-15/h2-7,12H,8-11H2,1H3. The number of carbonyl (C=O) groups is 1. The van der Waals surface area contributed by atoms with Crippen molar-refractivity contribution in [3.8, 4) is 5.88 Å². The van der Waals surface area contributed by atoms with E-state index in [0.29, 0.717) is 18.8 Å². The topological polar surface area (TPSA) is 47.4 Å². The van der Waals surface area contributed by atoms with Crippen LogP contribution in [0.5, 0.6) is 5.88 Å². The molecule has 2 fully saturated rings. The molecule has 0 bridgehead atoms. The molecule has 4 rings (SSSR count). The lowest BCUT2D eigenvalue weighted by Gasteiger charge is -2.47. The van der Waals surface area contributed by atoms with E-state index in [2.05, 4.69) is 4.98 Å². The number of amides is 1. The molecule has 2 aliphatic heterocycles. The number of likely N-dealkylation sites (tertiary alicyclic amines) is 1. The number of nitrogens with zero attached hydrogens (tertiary/aromatic N) is 3. The van der Waals surface area contributed by atoms with Crippen molar-refractivity contribution in [2.24, 2.45) is 7.05 Å². The highest BCUT2D eigenvalue weighted by Crippen LogP contribution is 2.46. The van der Waals surface area contributed by atoms with Crippen LogP contribution in [0.25, 0.3) is 0 Å². The van der Waals surface area contributed by atoms with Crippen molar-refractivity contribution in [2.75, 3.05) is 18.8 Å². The molecule has 1 unspecified atom stereocenters. The van der Waals surface area contributed by atoms with Crippen LogP contribution in [-0.4, -0.2) is 50.1 Å². The lowest BCUT2D eigenvalue weighted by atomic mass is 9.92. The van der Waals surface area contributed by atoms with Crippen molar-refractivity contribution >= 4 is 17.7 Å². The van der Waals surface area contributed by atoms with Gasteiger partial charge in [-0.25, -0.2) is 9.37 Å². The second-order valence-electron chi connectivity index (χ2n) is 6.39. The normalized spacial score (nSPS) is 21.8. The molecule has 2 saturated heterocycles. The van der Waals surface area contributed by atoms with Crippen LogP contribution in [-0.2, 0) is 7.05 Å². The van der Waals surface area contributed by atoms with Crippen molar-refractivity contribution in [2.45, 2.75) is 17.3 Å². The summed E-state index contributed by atoms with van der Waals surface area (Å²) in [6, 6.07) is 6.61. The third kappa shape index (κ3) is 2.66. The van der Waals surface area contributed by atoms with E-state index in [4.69, 9.17) is 4.74 Å². The van der Waals surface area contributed by atoms with Gasteiger partial charge in [-0.3, -0.25) is 4.79 Å². The van der Waals surface area contributed by atoms with Crippen LogP contribution in [0.15, 0.2) is 36.7 Å². The molecule has 2 aromatic heterocycles. The Hall–Kier alpha value is -2.02. The third-order valence-electron chi connectivity index (χ3n) is 4.59. The van der Waals surface area contributed by atoms with Crippen LogP contribution in [0.2, 0.25) is 0 Å². The molecule has 126 valence electrons. The number of carbonyl (C=O) groups excluding carboxylic acids is 1. The van der Waals surface area contributed by atoms with Gasteiger partial charge in [-0.2, -0.15) is 0 Å². The van der Waals surface area contributed by atoms with Gasteiger partial charge in [0.05, 0.1) is 4.75 Å². The fraction of sp³-hybridized carbons (Fsp3) is 0.412. The Labute approximate surface area is 143 Å². The molecular weight excluding hydrogens is 329 g/mol. The van der Waals surface area contributed by atoms with E-state index in [1.165, 1.54) is 12.3 Å². The summed E-state index contributed by atoms with van der Waals surface area (Å²) in [4.78, 5) is 18.3. The lowest BCUT2D eigenvalue weighted by Crippen LogP contribution is -2.61. The molecule has 0 saturated carbocycles. The number of halogens is 1. The third-order valence-corrected chi connectivity index (χ3v) is 6.16. The average Bonchev–Trinajstić information content (AvgIpc) is 3.14. The van der Waals surface area contributed by atoms with E-state index in [1.807, 2.05) is 46.6 Å². The summed E-state index contributed by atoms with van der Waals surface area (Å²) in [7, 11) is 1.87. The quantitative estimate of drug-likeness (QED) is 0.855. The summed E-state index contributed by atoms with van der Waals surface area (Å²) < 4.78 is 21.2. The molecule has 2 aromatic rings. The largest absolute Gasteiger partial charge is 0.471 e. The Morgan fingerprint density at radius 1 is 1.42 bits per heavy atom. The lowest BCUT2D eigenvalue weighted by molar-refractivity contribution is 0.0504. The summed E-state index contributed by atoms with van der Waals surface area (Å²) in [5, 5.41) is 0. The maximum atomic E-state index is 13.6. The first-order valence-corrected chi connectivity index (χ1v) is 8.87. The molecule has 4 heterocycles. The predicted octanol–water partition coefficient (Wildman–Crippen LogP) is 2.34. The maximum absolute atomic E-state index is 13.6. The molecule has 0 aromatic carbocycles. The van der Waals surface area contributed by atoms with Gasteiger partial charge in [0, 0.05) is 44.7 Å². The summed E-state index contributed by atoms with van der Waals surface area (Å²) in [5.41, 5.74) is 0.705. The number of ether oxygens (including phenoxy) is 1. The summed E-state index contributed by atoms with van der Waals surface area (Å²) in [6.45, 7) is 1.43. The fourth-order valence-electron chi connectivity index (χ4n) is 3.35. The Kier molecular flexibility index (Phi) is 3.75. The van der Waals surface area contributed by atoms with Gasteiger partial charge < -0.3 is 14.2 Å². The van der Waals surface area contributed by atoms with Crippen molar-refractivity contribution < 1.29 is 13.9 Å². The minimum atomic E-state index is -0.433. The van der Waals surface area contributed by atoms with Gasteiger partial charge >= 0.3 is 0 Å². The number of aryl methyl sites for hydroxylation is 1. The van der Waals surface area contributed by atoms with Gasteiger partial charge in [0.25, 0.3) is 11.8 Å². The van der Waals surface area contributed by atoms with Gasteiger partial charge in [0.15, 0.2) is 5.82 Å². The smallest absolute Gasteiger partial charge is 0.270 e. The number of thioether (sulfide) groups is 1. The van der Waals surface area contributed by atoms with E-state index in [-0.39, 0.29) is 22.6 Å². The Balaban J connectivity index is 1.36. The molecule has 7 heteroatoms. The van der Waals surface area contributed by atoms with Gasteiger partial charge in [0.1, 0.15) is 11.8 Å². The van der Waals surface area contributed by atoms with Crippen LogP contribution >= 0.6 is 11.8 Å². The zero-order chi connectivity index (χ0) is 16.7. The molecule has 1 spiro atoms. The highest BCUT2D eigenvalue weighted by molar-refractivity contribution is 8.01. The van der Waals surface area contributed by atoms with Crippen molar-refractivity contribution in [3.05, 3.63) is 48.2 Å². The minimum Gasteiger partial charge on any atom is -0.471 e. The van der Waals surface area contributed by atoms with Crippen LogP contribution in [0, 0.1) is 5.82 Å². The molecule has 0 aliphatic carbocycles. The zero-order valence-corrected chi connectivity index (χ0v) is 14.1. The first-order chi connectivity index (χ1) is 11.6. The average molecular weight is 347 g/mol. The Bertz CT molecular complexity index is 773.